The predicted octanol–water partition coefficient (Wildman–Crippen LogP) is -0.297. The molecule has 0 bridgehead atoms. The molecule has 0 fully saturated rings. The third kappa shape index (κ3) is 4.93. The van der Waals surface area contributed by atoms with Crippen molar-refractivity contribution < 1.29 is 13.2 Å². The minimum atomic E-state index is -3.12. The molecule has 1 amide bonds. The van der Waals surface area contributed by atoms with E-state index in [1.807, 2.05) is 0 Å². The average Bonchev–Trinajstić information content (AvgIpc) is 2.65. The fraction of sp³-hybridized carbons (Fsp3) is 0.667. The molecule has 0 aromatic carbocycles. The van der Waals surface area contributed by atoms with Gasteiger partial charge in [0.1, 0.15) is 9.84 Å². The molecule has 0 aliphatic heterocycles. The number of nitrogens with two attached hydrogens (primary N) is 1. The van der Waals surface area contributed by atoms with Crippen molar-refractivity contribution in [3.63, 3.8) is 0 Å². The molecule has 7 nitrogen and oxygen atoms in total. The fourth-order valence-electron chi connectivity index (χ4n) is 1.93. The minimum Gasteiger partial charge on any atom is -0.348 e. The lowest BCUT2D eigenvalue weighted by Crippen LogP contribution is -2.37. The van der Waals surface area contributed by atoms with Crippen molar-refractivity contribution >= 4 is 15.7 Å². The van der Waals surface area contributed by atoms with E-state index in [1.165, 1.54) is 6.20 Å². The van der Waals surface area contributed by atoms with Gasteiger partial charge in [0.15, 0.2) is 0 Å². The summed E-state index contributed by atoms with van der Waals surface area (Å²) in [6.45, 7) is 4.69. The summed E-state index contributed by atoms with van der Waals surface area (Å²) in [6, 6.07) is -0.440. The summed E-state index contributed by atoms with van der Waals surface area (Å²) in [5, 5.41) is 6.81. The molecule has 0 saturated heterocycles. The zero-order valence-corrected chi connectivity index (χ0v) is 12.9. The summed E-state index contributed by atoms with van der Waals surface area (Å²) < 4.78 is 24.1. The quantitative estimate of drug-likeness (QED) is 0.719. The van der Waals surface area contributed by atoms with E-state index < -0.39 is 15.9 Å². The van der Waals surface area contributed by atoms with E-state index in [0.717, 1.165) is 18.4 Å². The van der Waals surface area contributed by atoms with Gasteiger partial charge in [0.25, 0.3) is 5.91 Å². The zero-order chi connectivity index (χ0) is 15.3. The van der Waals surface area contributed by atoms with Gasteiger partial charge in [-0.1, -0.05) is 0 Å². The standard InChI is InChI=1S/C12H22N4O3S/c1-9(8-20(3,18)19)15-12(17)11-7-14-16(10(11)2)6-4-5-13/h7,9H,4-6,8,13H2,1-3H3,(H,15,17). The van der Waals surface area contributed by atoms with Crippen LogP contribution in [0.1, 0.15) is 29.4 Å². The van der Waals surface area contributed by atoms with Crippen molar-refractivity contribution in [1.29, 1.82) is 0 Å². The summed E-state index contributed by atoms with van der Waals surface area (Å²) in [5.74, 6) is -0.392. The molecule has 0 aliphatic rings. The van der Waals surface area contributed by atoms with Gasteiger partial charge in [0.05, 0.1) is 17.5 Å². The summed E-state index contributed by atoms with van der Waals surface area (Å²) >= 11 is 0. The lowest BCUT2D eigenvalue weighted by atomic mass is 10.2. The first-order chi connectivity index (χ1) is 9.24. The van der Waals surface area contributed by atoms with Gasteiger partial charge in [-0.05, 0) is 26.8 Å². The zero-order valence-electron chi connectivity index (χ0n) is 12.1. The van der Waals surface area contributed by atoms with Crippen LogP contribution in [-0.2, 0) is 16.4 Å². The fourth-order valence-corrected chi connectivity index (χ4v) is 2.92. The molecule has 1 atom stereocenters. The summed E-state index contributed by atoms with van der Waals surface area (Å²) in [5.41, 5.74) is 6.65. The molecule has 0 radical (unpaired) electrons. The molecule has 0 aliphatic carbocycles. The third-order valence-corrected chi connectivity index (χ3v) is 3.96. The first-order valence-electron chi connectivity index (χ1n) is 6.45. The molecule has 0 saturated carbocycles. The lowest BCUT2D eigenvalue weighted by molar-refractivity contribution is 0.0943. The first kappa shape index (κ1) is 16.6. The van der Waals surface area contributed by atoms with Gasteiger partial charge in [-0.25, -0.2) is 8.42 Å². The van der Waals surface area contributed by atoms with Crippen LogP contribution in [0.5, 0.6) is 0 Å². The van der Waals surface area contributed by atoms with Gasteiger partial charge < -0.3 is 11.1 Å². The summed E-state index contributed by atoms with van der Waals surface area (Å²) in [6.07, 6.45) is 3.42. The number of hydrogen-bond acceptors (Lipinski definition) is 5. The Morgan fingerprint density at radius 1 is 1.55 bits per heavy atom. The minimum absolute atomic E-state index is 0.0842. The molecule has 8 heteroatoms. The maximum atomic E-state index is 12.1. The van der Waals surface area contributed by atoms with Crippen molar-refractivity contribution in [2.45, 2.75) is 32.9 Å². The second-order valence-corrected chi connectivity index (χ2v) is 7.16. The average molecular weight is 302 g/mol. The largest absolute Gasteiger partial charge is 0.348 e. The van der Waals surface area contributed by atoms with Crippen molar-refractivity contribution in [2.75, 3.05) is 18.6 Å². The Morgan fingerprint density at radius 2 is 2.20 bits per heavy atom. The van der Waals surface area contributed by atoms with E-state index in [-0.39, 0.29) is 11.7 Å². The van der Waals surface area contributed by atoms with Gasteiger partial charge in [-0.3, -0.25) is 9.48 Å². The number of carbonyl (C=O) groups excluding carboxylic acids is 1. The Hall–Kier alpha value is -1.41. The van der Waals surface area contributed by atoms with Gasteiger partial charge in [-0.15, -0.1) is 0 Å². The number of nitrogens with one attached hydrogen (secondary N) is 1. The van der Waals surface area contributed by atoms with Crippen LogP contribution in [0.25, 0.3) is 0 Å². The molecular formula is C12H22N4O3S. The van der Waals surface area contributed by atoms with Crippen LogP contribution in [0.3, 0.4) is 0 Å². The normalized spacial score (nSPS) is 13.2. The maximum absolute atomic E-state index is 12.1. The topological polar surface area (TPSA) is 107 Å². The van der Waals surface area contributed by atoms with Gasteiger partial charge in [0.2, 0.25) is 0 Å². The highest BCUT2D eigenvalue weighted by molar-refractivity contribution is 7.90. The van der Waals surface area contributed by atoms with Crippen LogP contribution in [-0.4, -0.2) is 48.7 Å². The van der Waals surface area contributed by atoms with E-state index in [2.05, 4.69) is 10.4 Å². The first-order valence-corrected chi connectivity index (χ1v) is 8.51. The Morgan fingerprint density at radius 3 is 2.75 bits per heavy atom. The highest BCUT2D eigenvalue weighted by Crippen LogP contribution is 2.08. The van der Waals surface area contributed by atoms with E-state index in [4.69, 9.17) is 5.73 Å². The summed E-state index contributed by atoms with van der Waals surface area (Å²) in [4.78, 5) is 12.1. The van der Waals surface area contributed by atoms with E-state index in [1.54, 1.807) is 18.5 Å². The van der Waals surface area contributed by atoms with Crippen LogP contribution in [0.2, 0.25) is 0 Å². The van der Waals surface area contributed by atoms with E-state index in [9.17, 15) is 13.2 Å². The number of carbonyl (C=O) groups is 1. The summed E-state index contributed by atoms with van der Waals surface area (Å²) in [7, 11) is -3.12. The Bertz CT molecular complexity index is 565. The predicted molar refractivity (Wildman–Crippen MR) is 77.3 cm³/mol. The highest BCUT2D eigenvalue weighted by atomic mass is 32.2. The number of aryl methyl sites for hydroxylation is 1. The molecule has 114 valence electrons. The Balaban J connectivity index is 2.71. The van der Waals surface area contributed by atoms with Crippen LogP contribution in [0.15, 0.2) is 6.20 Å². The van der Waals surface area contributed by atoms with Crippen molar-refractivity contribution in [1.82, 2.24) is 15.1 Å². The molecule has 1 aromatic heterocycles. The van der Waals surface area contributed by atoms with E-state index in [0.29, 0.717) is 18.7 Å². The smallest absolute Gasteiger partial charge is 0.254 e. The van der Waals surface area contributed by atoms with Crippen LogP contribution in [0, 0.1) is 6.92 Å². The number of sulfone groups is 1. The van der Waals surface area contributed by atoms with Crippen molar-refractivity contribution in [3.05, 3.63) is 17.5 Å². The molecule has 1 rings (SSSR count). The maximum Gasteiger partial charge on any atom is 0.254 e. The van der Waals surface area contributed by atoms with Crippen LogP contribution >= 0.6 is 0 Å². The van der Waals surface area contributed by atoms with Gasteiger partial charge in [0, 0.05) is 24.5 Å². The van der Waals surface area contributed by atoms with Crippen LogP contribution < -0.4 is 11.1 Å². The van der Waals surface area contributed by atoms with Crippen LogP contribution in [0.4, 0.5) is 0 Å². The molecule has 1 unspecified atom stereocenters. The second kappa shape index (κ2) is 6.85. The van der Waals surface area contributed by atoms with Crippen molar-refractivity contribution in [3.8, 4) is 0 Å². The molecule has 1 heterocycles. The number of amides is 1. The SMILES string of the molecule is Cc1c(C(=O)NC(C)CS(C)(=O)=O)cnn1CCCN. The van der Waals surface area contributed by atoms with Crippen molar-refractivity contribution in [2.24, 2.45) is 5.73 Å². The number of hydrogen-bond donors (Lipinski definition) is 2. The number of rotatable bonds is 7. The number of nitrogens with zero attached hydrogens (tertiary/aromatic N) is 2. The molecule has 1 aromatic rings. The lowest BCUT2D eigenvalue weighted by Gasteiger charge is -2.12. The molecule has 3 N–H and O–H groups in total. The highest BCUT2D eigenvalue weighted by Gasteiger charge is 2.18. The van der Waals surface area contributed by atoms with Gasteiger partial charge in [-0.2, -0.15) is 5.10 Å². The number of aromatic nitrogens is 2. The van der Waals surface area contributed by atoms with Gasteiger partial charge >= 0.3 is 0 Å². The Kier molecular flexibility index (Phi) is 5.70. The molecule has 0 spiro atoms. The van der Waals surface area contributed by atoms with E-state index >= 15 is 0 Å². The molecule has 20 heavy (non-hydrogen) atoms. The Labute approximate surface area is 119 Å². The monoisotopic (exact) mass is 302 g/mol. The molecular weight excluding hydrogens is 280 g/mol. The third-order valence-electron chi connectivity index (χ3n) is 2.85. The second-order valence-electron chi connectivity index (χ2n) is 4.98.